The lowest BCUT2D eigenvalue weighted by atomic mass is 10.1. The third-order valence-electron chi connectivity index (χ3n) is 4.94. The van der Waals surface area contributed by atoms with Crippen molar-refractivity contribution in [3.8, 4) is 0 Å². The molecule has 0 heterocycles. The van der Waals surface area contributed by atoms with Crippen molar-refractivity contribution in [2.24, 2.45) is 0 Å². The van der Waals surface area contributed by atoms with Gasteiger partial charge in [-0.05, 0) is 6.42 Å². The molecule has 196 valence electrons. The normalized spacial score (nSPS) is 14.5. The van der Waals surface area contributed by atoms with Gasteiger partial charge in [0.1, 0.15) is 19.8 Å². The van der Waals surface area contributed by atoms with E-state index in [0.717, 1.165) is 19.3 Å². The standard InChI is InChI=1S/C23H46NO8P/c1-6-7-8-9-10-11-12-13-14-15-16-23(26)29-19-22(32-21(2)25)20-31-33(27,28)30-18-17-24(3,4)5/h22H,6-20H2,1-5H3/p+1/t22-/m1/s1. The quantitative estimate of drug-likeness (QED) is 0.106. The van der Waals surface area contributed by atoms with Gasteiger partial charge in [-0.3, -0.25) is 18.6 Å². The number of likely N-dealkylation sites (N-methyl/N-ethyl adjacent to an activating group) is 1. The van der Waals surface area contributed by atoms with Crippen molar-refractivity contribution in [3.63, 3.8) is 0 Å². The van der Waals surface area contributed by atoms with Crippen LogP contribution in [0.4, 0.5) is 0 Å². The van der Waals surface area contributed by atoms with E-state index in [0.29, 0.717) is 11.0 Å². The van der Waals surface area contributed by atoms with Crippen LogP contribution in [-0.4, -0.2) is 74.9 Å². The summed E-state index contributed by atoms with van der Waals surface area (Å²) in [5.41, 5.74) is 0. The van der Waals surface area contributed by atoms with E-state index >= 15 is 0 Å². The summed E-state index contributed by atoms with van der Waals surface area (Å²) in [6.07, 6.45) is 11.0. The molecule has 0 saturated heterocycles. The Labute approximate surface area is 200 Å². The molecule has 0 rings (SSSR count). The molecule has 10 heteroatoms. The molecular formula is C23H47NO8P+. The van der Waals surface area contributed by atoms with Crippen LogP contribution in [0.1, 0.15) is 84.5 Å². The highest BCUT2D eigenvalue weighted by Crippen LogP contribution is 2.43. The number of ether oxygens (including phenoxy) is 2. The summed E-state index contributed by atoms with van der Waals surface area (Å²) in [6.45, 7) is 3.31. The van der Waals surface area contributed by atoms with E-state index < -0.39 is 32.5 Å². The number of unbranched alkanes of at least 4 members (excludes halogenated alkanes) is 9. The average molecular weight is 497 g/mol. The first-order valence-electron chi connectivity index (χ1n) is 12.2. The number of rotatable bonds is 21. The van der Waals surface area contributed by atoms with E-state index in [1.54, 1.807) is 0 Å². The van der Waals surface area contributed by atoms with Gasteiger partial charge in [-0.15, -0.1) is 0 Å². The summed E-state index contributed by atoms with van der Waals surface area (Å²) in [5.74, 6) is -0.994. The zero-order valence-electron chi connectivity index (χ0n) is 21.4. The molecule has 9 nitrogen and oxygen atoms in total. The molecule has 1 N–H and O–H groups in total. The van der Waals surface area contributed by atoms with E-state index in [1.807, 2.05) is 21.1 Å². The van der Waals surface area contributed by atoms with Crippen molar-refractivity contribution in [1.82, 2.24) is 0 Å². The van der Waals surface area contributed by atoms with Crippen molar-refractivity contribution >= 4 is 19.8 Å². The fourth-order valence-corrected chi connectivity index (χ4v) is 3.75. The van der Waals surface area contributed by atoms with E-state index in [1.165, 1.54) is 51.9 Å². The number of hydrogen-bond donors (Lipinski definition) is 1. The highest BCUT2D eigenvalue weighted by atomic mass is 31.2. The van der Waals surface area contributed by atoms with Crippen LogP contribution < -0.4 is 0 Å². The Kier molecular flexibility index (Phi) is 17.8. The van der Waals surface area contributed by atoms with E-state index in [2.05, 4.69) is 6.92 Å². The molecule has 0 fully saturated rings. The zero-order valence-corrected chi connectivity index (χ0v) is 22.3. The maximum atomic E-state index is 12.0. The molecular weight excluding hydrogens is 449 g/mol. The summed E-state index contributed by atoms with van der Waals surface area (Å²) in [7, 11) is 1.47. The van der Waals surface area contributed by atoms with Gasteiger partial charge in [0.25, 0.3) is 0 Å². The number of carbonyl (C=O) groups is 2. The van der Waals surface area contributed by atoms with Gasteiger partial charge in [0.2, 0.25) is 0 Å². The minimum absolute atomic E-state index is 0.0311. The zero-order chi connectivity index (χ0) is 25.2. The molecule has 0 aromatic carbocycles. The lowest BCUT2D eigenvalue weighted by Gasteiger charge is -2.24. The Morgan fingerprint density at radius 3 is 1.94 bits per heavy atom. The number of carbonyl (C=O) groups excluding carboxylic acids is 2. The van der Waals surface area contributed by atoms with Crippen LogP contribution in [0.5, 0.6) is 0 Å². The maximum absolute atomic E-state index is 12.0. The highest BCUT2D eigenvalue weighted by Gasteiger charge is 2.26. The first-order valence-corrected chi connectivity index (χ1v) is 13.7. The van der Waals surface area contributed by atoms with E-state index in [-0.39, 0.29) is 19.6 Å². The van der Waals surface area contributed by atoms with Gasteiger partial charge in [-0.1, -0.05) is 64.7 Å². The molecule has 1 unspecified atom stereocenters. The van der Waals surface area contributed by atoms with Crippen molar-refractivity contribution in [3.05, 3.63) is 0 Å². The summed E-state index contributed by atoms with van der Waals surface area (Å²) in [5, 5.41) is 0. The van der Waals surface area contributed by atoms with Crippen LogP contribution in [0.2, 0.25) is 0 Å². The van der Waals surface area contributed by atoms with Crippen molar-refractivity contribution < 1.29 is 42.1 Å². The van der Waals surface area contributed by atoms with Gasteiger partial charge in [0.15, 0.2) is 6.10 Å². The second-order valence-electron chi connectivity index (χ2n) is 9.46. The topological polar surface area (TPSA) is 108 Å². The minimum atomic E-state index is -4.30. The van der Waals surface area contributed by atoms with Crippen LogP contribution in [0.15, 0.2) is 0 Å². The van der Waals surface area contributed by atoms with E-state index in [9.17, 15) is 19.0 Å². The second kappa shape index (κ2) is 18.4. The Balaban J connectivity index is 4.08. The number of esters is 2. The molecule has 0 aliphatic carbocycles. The first kappa shape index (κ1) is 32.0. The Hall–Kier alpha value is -0.990. The number of nitrogens with zero attached hydrogens (tertiary/aromatic N) is 1. The number of phosphoric ester groups is 1. The summed E-state index contributed by atoms with van der Waals surface area (Å²) in [4.78, 5) is 33.1. The first-order chi connectivity index (χ1) is 15.4. The van der Waals surface area contributed by atoms with Crippen LogP contribution in [-0.2, 0) is 32.7 Å². The van der Waals surface area contributed by atoms with Crippen molar-refractivity contribution in [1.29, 1.82) is 0 Å². The lowest BCUT2D eigenvalue weighted by molar-refractivity contribution is -0.870. The van der Waals surface area contributed by atoms with Gasteiger partial charge in [-0.2, -0.15) is 0 Å². The lowest BCUT2D eigenvalue weighted by Crippen LogP contribution is -2.37. The van der Waals surface area contributed by atoms with Gasteiger partial charge in [0.05, 0.1) is 27.7 Å². The van der Waals surface area contributed by atoms with Crippen LogP contribution in [0, 0.1) is 0 Å². The molecule has 0 amide bonds. The molecule has 0 aliphatic heterocycles. The Bertz CT molecular complexity index is 579. The predicted molar refractivity (Wildman–Crippen MR) is 128 cm³/mol. The molecule has 0 aromatic heterocycles. The fraction of sp³-hybridized carbons (Fsp3) is 0.913. The van der Waals surface area contributed by atoms with Gasteiger partial charge in [-0.25, -0.2) is 4.57 Å². The van der Waals surface area contributed by atoms with Gasteiger partial charge < -0.3 is 18.9 Å². The third-order valence-corrected chi connectivity index (χ3v) is 5.92. The summed E-state index contributed by atoms with van der Waals surface area (Å²) in [6, 6.07) is 0. The van der Waals surface area contributed by atoms with Crippen molar-refractivity contribution in [2.75, 3.05) is 47.5 Å². The molecule has 0 spiro atoms. The van der Waals surface area contributed by atoms with E-state index in [4.69, 9.17) is 18.5 Å². The number of quaternary nitrogens is 1. The molecule has 2 atom stereocenters. The predicted octanol–water partition coefficient (Wildman–Crippen LogP) is 4.61. The average Bonchev–Trinajstić information content (AvgIpc) is 2.70. The molecule has 0 radical (unpaired) electrons. The highest BCUT2D eigenvalue weighted by molar-refractivity contribution is 7.47. The monoisotopic (exact) mass is 496 g/mol. The van der Waals surface area contributed by atoms with Crippen LogP contribution in [0.25, 0.3) is 0 Å². The summed E-state index contributed by atoms with van der Waals surface area (Å²) >= 11 is 0. The number of phosphoric acid groups is 1. The third kappa shape index (κ3) is 22.6. The largest absolute Gasteiger partial charge is 0.472 e. The minimum Gasteiger partial charge on any atom is -0.462 e. The van der Waals surface area contributed by atoms with Gasteiger partial charge in [0, 0.05) is 13.3 Å². The maximum Gasteiger partial charge on any atom is 0.472 e. The fourth-order valence-electron chi connectivity index (χ4n) is 3.01. The smallest absolute Gasteiger partial charge is 0.462 e. The Morgan fingerprint density at radius 2 is 1.42 bits per heavy atom. The Morgan fingerprint density at radius 1 is 0.879 bits per heavy atom. The van der Waals surface area contributed by atoms with Crippen LogP contribution >= 0.6 is 7.82 Å². The van der Waals surface area contributed by atoms with Crippen molar-refractivity contribution in [2.45, 2.75) is 90.6 Å². The van der Waals surface area contributed by atoms with Gasteiger partial charge >= 0.3 is 19.8 Å². The molecule has 0 bridgehead atoms. The number of hydrogen-bond acceptors (Lipinski definition) is 7. The second-order valence-corrected chi connectivity index (χ2v) is 10.9. The molecule has 0 aliphatic rings. The summed E-state index contributed by atoms with van der Waals surface area (Å²) < 4.78 is 32.6. The molecule has 33 heavy (non-hydrogen) atoms. The SMILES string of the molecule is CCCCCCCCCCCCC(=O)OC[C@H](COP(=O)(O)OCC[N+](C)(C)C)OC(C)=O. The molecule has 0 aromatic rings. The van der Waals surface area contributed by atoms with Crippen LogP contribution in [0.3, 0.4) is 0 Å². The molecule has 0 saturated carbocycles.